The van der Waals surface area contributed by atoms with Crippen LogP contribution in [0.1, 0.15) is 12.8 Å². The fourth-order valence-electron chi connectivity index (χ4n) is 2.38. The van der Waals surface area contributed by atoms with Crippen molar-refractivity contribution in [2.75, 3.05) is 20.1 Å². The maximum Gasteiger partial charge on any atom is 0.244 e. The number of benzene rings is 1. The average molecular weight is 412 g/mol. The van der Waals surface area contributed by atoms with Gasteiger partial charge in [0, 0.05) is 28.1 Å². The summed E-state index contributed by atoms with van der Waals surface area (Å²) in [5, 5.41) is 3.06. The fourth-order valence-corrected chi connectivity index (χ4v) is 5.78. The van der Waals surface area contributed by atoms with Gasteiger partial charge >= 0.3 is 0 Å². The molecule has 1 atom stereocenters. The lowest BCUT2D eigenvalue weighted by atomic mass is 10.2. The van der Waals surface area contributed by atoms with Crippen molar-refractivity contribution in [1.29, 1.82) is 0 Å². The number of likely N-dealkylation sites (N-methyl/N-ethyl adjacent to an activating group) is 1. The van der Waals surface area contributed by atoms with Gasteiger partial charge in [0.05, 0.1) is 4.90 Å². The zero-order valence-electron chi connectivity index (χ0n) is 10.6. The Hall–Kier alpha value is 0.0500. The zero-order valence-corrected chi connectivity index (χ0v) is 14.6. The summed E-state index contributed by atoms with van der Waals surface area (Å²) in [7, 11) is -1.59. The summed E-state index contributed by atoms with van der Waals surface area (Å²) >= 11 is 6.67. The molecule has 0 radical (unpaired) electrons. The third-order valence-corrected chi connectivity index (χ3v) is 6.67. The molecule has 7 heteroatoms. The second-order valence-electron chi connectivity index (χ2n) is 4.54. The van der Waals surface area contributed by atoms with Gasteiger partial charge in [0.1, 0.15) is 0 Å². The van der Waals surface area contributed by atoms with E-state index in [9.17, 15) is 8.42 Å². The Morgan fingerprint density at radius 1 is 1.42 bits per heavy atom. The molecule has 1 saturated heterocycles. The molecule has 0 bridgehead atoms. The molecule has 0 amide bonds. The Morgan fingerprint density at radius 2 is 2.16 bits per heavy atom. The van der Waals surface area contributed by atoms with Crippen molar-refractivity contribution in [2.45, 2.75) is 23.8 Å². The molecule has 19 heavy (non-hydrogen) atoms. The normalized spacial score (nSPS) is 20.9. The largest absolute Gasteiger partial charge is 0.318 e. The van der Waals surface area contributed by atoms with Crippen LogP contribution in [0.25, 0.3) is 0 Å². The van der Waals surface area contributed by atoms with Crippen molar-refractivity contribution in [3.63, 3.8) is 0 Å². The van der Waals surface area contributed by atoms with Gasteiger partial charge in [0.2, 0.25) is 10.0 Å². The Kier molecular flexibility index (Phi) is 5.05. The minimum Gasteiger partial charge on any atom is -0.318 e. The molecule has 0 aromatic heterocycles. The third kappa shape index (κ3) is 3.21. The predicted octanol–water partition coefficient (Wildman–Crippen LogP) is 2.58. The molecule has 1 aliphatic heterocycles. The van der Waals surface area contributed by atoms with Crippen LogP contribution in [0.3, 0.4) is 0 Å². The first-order valence-corrected chi connectivity index (χ1v) is 9.11. The van der Waals surface area contributed by atoms with E-state index in [1.807, 2.05) is 7.05 Å². The number of hydrogen-bond acceptors (Lipinski definition) is 3. The summed E-state index contributed by atoms with van der Waals surface area (Å²) in [6, 6.07) is 5.19. The monoisotopic (exact) mass is 410 g/mol. The average Bonchev–Trinajstić information content (AvgIpc) is 2.78. The van der Waals surface area contributed by atoms with Crippen molar-refractivity contribution in [3.8, 4) is 0 Å². The number of halogens is 2. The summed E-state index contributed by atoms with van der Waals surface area (Å²) < 4.78 is 28.5. The summed E-state index contributed by atoms with van der Waals surface area (Å²) in [4.78, 5) is 0.332. The molecular weight excluding hydrogens is 396 g/mol. The second-order valence-corrected chi connectivity index (χ2v) is 8.17. The van der Waals surface area contributed by atoms with E-state index in [4.69, 9.17) is 0 Å². The van der Waals surface area contributed by atoms with Crippen LogP contribution in [0.15, 0.2) is 32.0 Å². The van der Waals surface area contributed by atoms with Gasteiger partial charge in [-0.2, -0.15) is 4.31 Å². The first kappa shape index (κ1) is 15.4. The molecule has 2 rings (SSSR count). The molecule has 0 aliphatic carbocycles. The zero-order chi connectivity index (χ0) is 14.0. The number of nitrogens with zero attached hydrogens (tertiary/aromatic N) is 1. The van der Waals surface area contributed by atoms with Crippen LogP contribution in [-0.2, 0) is 10.0 Å². The van der Waals surface area contributed by atoms with Gasteiger partial charge < -0.3 is 5.32 Å². The lowest BCUT2D eigenvalue weighted by molar-refractivity contribution is 0.379. The lowest BCUT2D eigenvalue weighted by Gasteiger charge is -2.24. The standard InChI is InChI=1S/C12H16Br2N2O2S/c1-15-8-10-3-2-6-16(10)19(17,18)12-5-4-9(13)7-11(12)14/h4-5,7,10,15H,2-3,6,8H2,1H3. The molecule has 1 N–H and O–H groups in total. The van der Waals surface area contributed by atoms with Gasteiger partial charge in [-0.3, -0.25) is 0 Å². The van der Waals surface area contributed by atoms with Gasteiger partial charge in [0.25, 0.3) is 0 Å². The van der Waals surface area contributed by atoms with E-state index in [1.54, 1.807) is 22.5 Å². The van der Waals surface area contributed by atoms with Crippen LogP contribution < -0.4 is 5.32 Å². The first-order chi connectivity index (χ1) is 8.96. The van der Waals surface area contributed by atoms with Crippen molar-refractivity contribution >= 4 is 41.9 Å². The number of sulfonamides is 1. The van der Waals surface area contributed by atoms with E-state index >= 15 is 0 Å². The fraction of sp³-hybridized carbons (Fsp3) is 0.500. The van der Waals surface area contributed by atoms with Crippen LogP contribution in [0, 0.1) is 0 Å². The smallest absolute Gasteiger partial charge is 0.244 e. The van der Waals surface area contributed by atoms with E-state index in [0.717, 1.165) is 17.3 Å². The van der Waals surface area contributed by atoms with Crippen LogP contribution >= 0.6 is 31.9 Å². The van der Waals surface area contributed by atoms with Crippen molar-refractivity contribution < 1.29 is 8.42 Å². The minimum atomic E-state index is -3.43. The number of rotatable bonds is 4. The van der Waals surface area contributed by atoms with Crippen molar-refractivity contribution in [1.82, 2.24) is 9.62 Å². The minimum absolute atomic E-state index is 0.0468. The molecule has 1 fully saturated rings. The predicted molar refractivity (Wildman–Crippen MR) is 82.7 cm³/mol. The molecule has 1 aromatic rings. The first-order valence-electron chi connectivity index (χ1n) is 6.08. The molecule has 1 aliphatic rings. The molecule has 1 aromatic carbocycles. The van der Waals surface area contributed by atoms with E-state index in [1.165, 1.54) is 0 Å². The topological polar surface area (TPSA) is 49.4 Å². The molecule has 1 unspecified atom stereocenters. The summed E-state index contributed by atoms with van der Waals surface area (Å²) in [5.74, 6) is 0. The van der Waals surface area contributed by atoms with Gasteiger partial charge in [-0.1, -0.05) is 15.9 Å². The van der Waals surface area contributed by atoms with Gasteiger partial charge in [-0.25, -0.2) is 8.42 Å². The van der Waals surface area contributed by atoms with E-state index < -0.39 is 10.0 Å². The molecule has 0 saturated carbocycles. The Bertz CT molecular complexity index is 563. The highest BCUT2D eigenvalue weighted by molar-refractivity contribution is 9.11. The molecule has 0 spiro atoms. The van der Waals surface area contributed by atoms with E-state index in [-0.39, 0.29) is 6.04 Å². The summed E-state index contributed by atoms with van der Waals surface area (Å²) in [6.45, 7) is 1.28. The number of nitrogens with one attached hydrogen (secondary N) is 1. The highest BCUT2D eigenvalue weighted by Crippen LogP contribution is 2.31. The highest BCUT2D eigenvalue weighted by atomic mass is 79.9. The SMILES string of the molecule is CNCC1CCCN1S(=O)(=O)c1ccc(Br)cc1Br. The van der Waals surface area contributed by atoms with Gasteiger partial charge in [0.15, 0.2) is 0 Å². The number of hydrogen-bond donors (Lipinski definition) is 1. The maximum absolute atomic E-state index is 12.7. The quantitative estimate of drug-likeness (QED) is 0.828. The lowest BCUT2D eigenvalue weighted by Crippen LogP contribution is -2.40. The van der Waals surface area contributed by atoms with E-state index in [2.05, 4.69) is 37.2 Å². The summed E-state index contributed by atoms with van der Waals surface area (Å²) in [6.07, 6.45) is 1.83. The second kappa shape index (κ2) is 6.22. The van der Waals surface area contributed by atoms with Crippen molar-refractivity contribution in [3.05, 3.63) is 27.1 Å². The van der Waals surface area contributed by atoms with Crippen LogP contribution in [0.4, 0.5) is 0 Å². The Balaban J connectivity index is 2.36. The van der Waals surface area contributed by atoms with E-state index in [0.29, 0.717) is 22.5 Å². The molecular formula is C12H16Br2N2O2S. The molecule has 1 heterocycles. The molecule has 106 valence electrons. The Labute approximate surface area is 130 Å². The van der Waals surface area contributed by atoms with Gasteiger partial charge in [-0.15, -0.1) is 0 Å². The third-order valence-electron chi connectivity index (χ3n) is 3.24. The van der Waals surface area contributed by atoms with Crippen LogP contribution in [-0.4, -0.2) is 38.9 Å². The maximum atomic E-state index is 12.7. The van der Waals surface area contributed by atoms with Gasteiger partial charge in [-0.05, 0) is 54.0 Å². The molecule has 4 nitrogen and oxygen atoms in total. The van der Waals surface area contributed by atoms with Crippen LogP contribution in [0.2, 0.25) is 0 Å². The summed E-state index contributed by atoms with van der Waals surface area (Å²) in [5.41, 5.74) is 0. The highest BCUT2D eigenvalue weighted by Gasteiger charge is 2.35. The van der Waals surface area contributed by atoms with Crippen molar-refractivity contribution in [2.24, 2.45) is 0 Å². The Morgan fingerprint density at radius 3 is 2.79 bits per heavy atom. The van der Waals surface area contributed by atoms with Crippen LogP contribution in [0.5, 0.6) is 0 Å².